The van der Waals surface area contributed by atoms with Crippen molar-refractivity contribution in [3.05, 3.63) is 58.2 Å². The van der Waals surface area contributed by atoms with Gasteiger partial charge >= 0.3 is 6.03 Å². The van der Waals surface area contributed by atoms with Gasteiger partial charge in [0.05, 0.1) is 22.8 Å². The Labute approximate surface area is 156 Å². The summed E-state index contributed by atoms with van der Waals surface area (Å²) in [5.74, 6) is -0.537. The Bertz CT molecular complexity index is 945. The van der Waals surface area contributed by atoms with Gasteiger partial charge in [-0.2, -0.15) is 0 Å². The van der Waals surface area contributed by atoms with Crippen molar-refractivity contribution in [2.75, 3.05) is 5.32 Å². The zero-order valence-electron chi connectivity index (χ0n) is 14.0. The van der Waals surface area contributed by atoms with E-state index in [-0.39, 0.29) is 11.7 Å². The summed E-state index contributed by atoms with van der Waals surface area (Å²) in [4.78, 5) is 15.5. The van der Waals surface area contributed by atoms with E-state index < -0.39 is 11.4 Å². The summed E-state index contributed by atoms with van der Waals surface area (Å²) in [5, 5.41) is 6.44. The molecule has 2 aliphatic rings. The molecule has 6 heteroatoms. The van der Waals surface area contributed by atoms with E-state index >= 15 is 0 Å². The Kier molecular flexibility index (Phi) is 4.08. The topological polar surface area (TPSA) is 45.5 Å². The maximum absolute atomic E-state index is 13.8. The molecule has 4 rings (SSSR count). The van der Waals surface area contributed by atoms with Gasteiger partial charge in [-0.15, -0.1) is 0 Å². The Morgan fingerprint density at radius 2 is 1.92 bits per heavy atom. The maximum atomic E-state index is 13.8. The van der Waals surface area contributed by atoms with Crippen LogP contribution in [-0.4, -0.2) is 6.03 Å². The number of halogens is 2. The molecule has 0 bridgehead atoms. The Hall–Kier alpha value is -2.58. The van der Waals surface area contributed by atoms with Gasteiger partial charge in [0.2, 0.25) is 5.69 Å². The van der Waals surface area contributed by atoms with Crippen molar-refractivity contribution in [2.45, 2.75) is 37.6 Å². The lowest BCUT2D eigenvalue weighted by Crippen LogP contribution is -2.53. The molecule has 0 saturated heterocycles. The minimum atomic E-state index is -0.537. The van der Waals surface area contributed by atoms with Crippen LogP contribution in [-0.2, 0) is 5.54 Å². The molecule has 26 heavy (non-hydrogen) atoms. The lowest BCUT2D eigenvalue weighted by atomic mass is 9.72. The van der Waals surface area contributed by atoms with E-state index in [2.05, 4.69) is 15.5 Å². The predicted molar refractivity (Wildman–Crippen MR) is 100 cm³/mol. The summed E-state index contributed by atoms with van der Waals surface area (Å²) >= 11 is 6.40. The Morgan fingerprint density at radius 3 is 2.65 bits per heavy atom. The van der Waals surface area contributed by atoms with Gasteiger partial charge in [0.25, 0.3) is 0 Å². The van der Waals surface area contributed by atoms with Gasteiger partial charge in [-0.1, -0.05) is 43.0 Å². The van der Waals surface area contributed by atoms with Gasteiger partial charge in [0.1, 0.15) is 5.82 Å². The summed E-state index contributed by atoms with van der Waals surface area (Å²) < 4.78 is 13.8. The normalized spacial score (nSPS) is 17.8. The molecular formula is C20H17ClFN3O. The van der Waals surface area contributed by atoms with E-state index in [1.165, 1.54) is 6.07 Å². The summed E-state index contributed by atoms with van der Waals surface area (Å²) in [7, 11) is 0. The van der Waals surface area contributed by atoms with E-state index in [4.69, 9.17) is 18.2 Å². The fourth-order valence-electron chi connectivity index (χ4n) is 4.16. The molecule has 0 aromatic heterocycles. The minimum absolute atomic E-state index is 0.0169. The number of anilines is 1. The van der Waals surface area contributed by atoms with Crippen LogP contribution in [0, 0.1) is 12.4 Å². The summed E-state index contributed by atoms with van der Waals surface area (Å²) in [5.41, 5.74) is 2.66. The molecule has 2 aromatic carbocycles. The number of rotatable bonds is 1. The molecule has 0 unspecified atom stereocenters. The van der Waals surface area contributed by atoms with Crippen LogP contribution in [0.25, 0.3) is 16.0 Å². The Morgan fingerprint density at radius 1 is 1.15 bits per heavy atom. The number of hydrogen-bond donors (Lipinski definition) is 2. The number of urea groups is 1. The zero-order valence-corrected chi connectivity index (χ0v) is 14.8. The summed E-state index contributed by atoms with van der Waals surface area (Å²) in [6.07, 6.45) is 4.83. The molecule has 2 amide bonds. The van der Waals surface area contributed by atoms with E-state index in [0.717, 1.165) is 48.8 Å². The lowest BCUT2D eigenvalue weighted by Gasteiger charge is -2.44. The number of carbonyl (C=O) groups excluding carboxylic acids is 1. The second-order valence-electron chi connectivity index (χ2n) is 6.84. The summed E-state index contributed by atoms with van der Waals surface area (Å²) in [6, 6.07) is 7.90. The molecule has 132 valence electrons. The summed E-state index contributed by atoms with van der Waals surface area (Å²) in [6.45, 7) is 7.18. The third-order valence-corrected chi connectivity index (χ3v) is 5.62. The van der Waals surface area contributed by atoms with E-state index in [9.17, 15) is 9.18 Å². The van der Waals surface area contributed by atoms with Gasteiger partial charge in [0, 0.05) is 5.56 Å². The van der Waals surface area contributed by atoms with Crippen LogP contribution < -0.4 is 10.6 Å². The molecule has 1 aliphatic heterocycles. The van der Waals surface area contributed by atoms with Crippen molar-refractivity contribution >= 4 is 29.0 Å². The SMILES string of the molecule is [C-]#[N+]c1cc(-c2ccc(Cl)c3c2C2(CCCCC2)NC(=O)N3)ccc1F. The molecule has 4 nitrogen and oxygen atoms in total. The van der Waals surface area contributed by atoms with Crippen molar-refractivity contribution in [1.82, 2.24) is 5.32 Å². The minimum Gasteiger partial charge on any atom is -0.328 e. The van der Waals surface area contributed by atoms with Gasteiger partial charge in [-0.05, 0) is 42.2 Å². The van der Waals surface area contributed by atoms with Crippen LogP contribution >= 0.6 is 11.6 Å². The second-order valence-corrected chi connectivity index (χ2v) is 7.25. The van der Waals surface area contributed by atoms with Crippen LogP contribution in [0.3, 0.4) is 0 Å². The van der Waals surface area contributed by atoms with Gasteiger partial charge < -0.3 is 10.6 Å². The van der Waals surface area contributed by atoms with Crippen molar-refractivity contribution in [3.63, 3.8) is 0 Å². The van der Waals surface area contributed by atoms with Crippen molar-refractivity contribution < 1.29 is 9.18 Å². The molecule has 2 aromatic rings. The highest BCUT2D eigenvalue weighted by atomic mass is 35.5. The van der Waals surface area contributed by atoms with Gasteiger partial charge in [0.15, 0.2) is 0 Å². The number of nitrogens with zero attached hydrogens (tertiary/aromatic N) is 1. The molecule has 1 spiro atoms. The third kappa shape index (κ3) is 2.62. The molecule has 1 saturated carbocycles. The zero-order chi connectivity index (χ0) is 18.3. The van der Waals surface area contributed by atoms with E-state index in [1.807, 2.05) is 6.07 Å². The lowest BCUT2D eigenvalue weighted by molar-refractivity contribution is 0.209. The van der Waals surface area contributed by atoms with Crippen molar-refractivity contribution in [3.8, 4) is 11.1 Å². The molecule has 2 N–H and O–H groups in total. The number of carbonyl (C=O) groups is 1. The van der Waals surface area contributed by atoms with Crippen LogP contribution in [0.2, 0.25) is 5.02 Å². The second kappa shape index (κ2) is 6.30. The average molecular weight is 370 g/mol. The first-order valence-electron chi connectivity index (χ1n) is 8.64. The Balaban J connectivity index is 1.97. The highest BCUT2D eigenvalue weighted by molar-refractivity contribution is 6.34. The number of amides is 2. The molecule has 0 radical (unpaired) electrons. The molecule has 1 fully saturated rings. The smallest absolute Gasteiger partial charge is 0.319 e. The number of nitrogens with one attached hydrogen (secondary N) is 2. The molecular weight excluding hydrogens is 353 g/mol. The number of hydrogen-bond acceptors (Lipinski definition) is 1. The fraction of sp³-hybridized carbons (Fsp3) is 0.300. The predicted octanol–water partition coefficient (Wildman–Crippen LogP) is 5.99. The highest BCUT2D eigenvalue weighted by Gasteiger charge is 2.43. The van der Waals surface area contributed by atoms with Crippen molar-refractivity contribution in [2.24, 2.45) is 0 Å². The molecule has 1 heterocycles. The van der Waals surface area contributed by atoms with Gasteiger partial charge in [-0.25, -0.2) is 14.0 Å². The van der Waals surface area contributed by atoms with E-state index in [1.54, 1.807) is 18.2 Å². The van der Waals surface area contributed by atoms with Crippen LogP contribution in [0.4, 0.5) is 20.6 Å². The van der Waals surface area contributed by atoms with Crippen LogP contribution in [0.15, 0.2) is 30.3 Å². The van der Waals surface area contributed by atoms with E-state index in [0.29, 0.717) is 10.7 Å². The quantitative estimate of drug-likeness (QED) is 0.596. The standard InChI is InChI=1S/C20H17ClFN3O/c1-23-16-11-12(5-8-15(16)22)13-6-7-14(21)18-17(13)20(25-19(26)24-18)9-3-2-4-10-20/h5-8,11H,2-4,9-10H2,(H2,24,25,26). The third-order valence-electron chi connectivity index (χ3n) is 5.31. The van der Waals surface area contributed by atoms with Crippen LogP contribution in [0.5, 0.6) is 0 Å². The van der Waals surface area contributed by atoms with Gasteiger partial charge in [-0.3, -0.25) is 0 Å². The molecule has 1 aliphatic carbocycles. The average Bonchev–Trinajstić information content (AvgIpc) is 2.64. The maximum Gasteiger partial charge on any atom is 0.319 e. The first-order chi connectivity index (χ1) is 12.5. The van der Waals surface area contributed by atoms with Crippen molar-refractivity contribution in [1.29, 1.82) is 0 Å². The first-order valence-corrected chi connectivity index (χ1v) is 9.01. The first kappa shape index (κ1) is 16.9. The monoisotopic (exact) mass is 369 g/mol. The molecule has 0 atom stereocenters. The number of benzene rings is 2. The fourth-order valence-corrected chi connectivity index (χ4v) is 4.36. The number of fused-ring (bicyclic) bond motifs is 2. The van der Waals surface area contributed by atoms with Crippen LogP contribution in [0.1, 0.15) is 37.7 Å². The highest BCUT2D eigenvalue weighted by Crippen LogP contribution is 2.49. The largest absolute Gasteiger partial charge is 0.328 e.